The number of carbonyl (C=O) groups is 2. The van der Waals surface area contributed by atoms with Gasteiger partial charge in [0.15, 0.2) is 0 Å². The van der Waals surface area contributed by atoms with Crippen molar-refractivity contribution >= 4 is 11.8 Å². The van der Waals surface area contributed by atoms with Crippen molar-refractivity contribution in [3.05, 3.63) is 59.4 Å². The fourth-order valence-corrected chi connectivity index (χ4v) is 2.86. The Morgan fingerprint density at radius 2 is 2.16 bits per heavy atom. The van der Waals surface area contributed by atoms with Gasteiger partial charge in [0.25, 0.3) is 5.91 Å². The van der Waals surface area contributed by atoms with Gasteiger partial charge in [-0.25, -0.2) is 0 Å². The molecule has 1 aromatic carbocycles. The molecule has 2 heterocycles. The molecule has 0 saturated carbocycles. The minimum Gasteiger partial charge on any atom is -0.496 e. The third-order valence-electron chi connectivity index (χ3n) is 4.24. The van der Waals surface area contributed by atoms with E-state index >= 15 is 0 Å². The number of nitrogens with zero attached hydrogens (tertiary/aromatic N) is 1. The summed E-state index contributed by atoms with van der Waals surface area (Å²) in [6, 6.07) is 10.9. The van der Waals surface area contributed by atoms with E-state index in [1.807, 2.05) is 30.3 Å². The van der Waals surface area contributed by atoms with Gasteiger partial charge in [0.1, 0.15) is 11.8 Å². The Kier molecular flexibility index (Phi) is 5.28. The first-order valence-electron chi connectivity index (χ1n) is 8.33. The number of para-hydroxylation sites is 1. The van der Waals surface area contributed by atoms with Crippen LogP contribution in [0.2, 0.25) is 0 Å². The van der Waals surface area contributed by atoms with E-state index in [0.717, 1.165) is 23.4 Å². The number of nitrogens with one attached hydrogen (secondary N) is 2. The molecule has 1 fully saturated rings. The molecule has 0 radical (unpaired) electrons. The predicted molar refractivity (Wildman–Crippen MR) is 93.5 cm³/mol. The van der Waals surface area contributed by atoms with Crippen LogP contribution in [0.5, 0.6) is 5.75 Å². The van der Waals surface area contributed by atoms with Crippen LogP contribution in [0.4, 0.5) is 0 Å². The molecule has 25 heavy (non-hydrogen) atoms. The SMILES string of the molecule is COc1ccccc1Cc1ccc(C(=O)N[C@H]2CCCNC2=O)cn1. The van der Waals surface area contributed by atoms with Gasteiger partial charge in [0.2, 0.25) is 5.91 Å². The fourth-order valence-electron chi connectivity index (χ4n) is 2.86. The Hall–Kier alpha value is -2.89. The van der Waals surface area contributed by atoms with E-state index in [1.165, 1.54) is 0 Å². The normalized spacial score (nSPS) is 16.8. The van der Waals surface area contributed by atoms with Gasteiger partial charge in [0, 0.05) is 30.4 Å². The Morgan fingerprint density at radius 3 is 2.88 bits per heavy atom. The van der Waals surface area contributed by atoms with Gasteiger partial charge in [0.05, 0.1) is 12.7 Å². The number of hydrogen-bond acceptors (Lipinski definition) is 4. The van der Waals surface area contributed by atoms with Crippen LogP contribution in [0.15, 0.2) is 42.6 Å². The van der Waals surface area contributed by atoms with Crippen LogP contribution < -0.4 is 15.4 Å². The predicted octanol–water partition coefficient (Wildman–Crippen LogP) is 1.69. The maximum Gasteiger partial charge on any atom is 0.253 e. The summed E-state index contributed by atoms with van der Waals surface area (Å²) in [4.78, 5) is 28.4. The molecule has 2 N–H and O–H groups in total. The van der Waals surface area contributed by atoms with Crippen molar-refractivity contribution in [3.63, 3.8) is 0 Å². The molecule has 1 aliphatic rings. The highest BCUT2D eigenvalue weighted by Gasteiger charge is 2.24. The molecule has 1 atom stereocenters. The van der Waals surface area contributed by atoms with Crippen LogP contribution in [0, 0.1) is 0 Å². The fraction of sp³-hybridized carbons (Fsp3) is 0.316. The number of benzene rings is 1. The van der Waals surface area contributed by atoms with Crippen molar-refractivity contribution in [3.8, 4) is 5.75 Å². The molecule has 0 aliphatic carbocycles. The molecule has 3 rings (SSSR count). The maximum absolute atomic E-state index is 12.3. The summed E-state index contributed by atoms with van der Waals surface area (Å²) in [5.41, 5.74) is 2.33. The maximum atomic E-state index is 12.3. The van der Waals surface area contributed by atoms with Gasteiger partial charge in [-0.3, -0.25) is 14.6 Å². The molecule has 1 aliphatic heterocycles. The lowest BCUT2D eigenvalue weighted by Crippen LogP contribution is -2.50. The summed E-state index contributed by atoms with van der Waals surface area (Å²) < 4.78 is 5.34. The number of amides is 2. The van der Waals surface area contributed by atoms with Gasteiger partial charge in [-0.1, -0.05) is 18.2 Å². The summed E-state index contributed by atoms with van der Waals surface area (Å²) in [7, 11) is 1.64. The Labute approximate surface area is 146 Å². The second-order valence-electron chi connectivity index (χ2n) is 5.99. The third-order valence-corrected chi connectivity index (χ3v) is 4.24. The molecule has 2 aromatic rings. The summed E-state index contributed by atoms with van der Waals surface area (Å²) in [5.74, 6) is 0.410. The van der Waals surface area contributed by atoms with Crippen LogP contribution in [0.1, 0.15) is 34.5 Å². The minimum absolute atomic E-state index is 0.125. The number of aromatic nitrogens is 1. The number of pyridine rings is 1. The largest absolute Gasteiger partial charge is 0.496 e. The summed E-state index contributed by atoms with van der Waals surface area (Å²) in [5, 5.41) is 5.52. The van der Waals surface area contributed by atoms with E-state index in [2.05, 4.69) is 15.6 Å². The minimum atomic E-state index is -0.463. The summed E-state index contributed by atoms with van der Waals surface area (Å²) in [6.07, 6.45) is 3.70. The Balaban J connectivity index is 1.65. The van der Waals surface area contributed by atoms with Gasteiger partial charge in [-0.2, -0.15) is 0 Å². The summed E-state index contributed by atoms with van der Waals surface area (Å²) >= 11 is 0. The van der Waals surface area contributed by atoms with E-state index in [0.29, 0.717) is 24.9 Å². The van der Waals surface area contributed by atoms with Crippen molar-refractivity contribution in [1.29, 1.82) is 0 Å². The molecule has 1 saturated heterocycles. The van der Waals surface area contributed by atoms with E-state index in [1.54, 1.807) is 19.4 Å². The number of hydrogen-bond donors (Lipinski definition) is 2. The number of piperidine rings is 1. The lowest BCUT2D eigenvalue weighted by Gasteiger charge is -2.22. The van der Waals surface area contributed by atoms with Crippen LogP contribution >= 0.6 is 0 Å². The number of carbonyl (C=O) groups excluding carboxylic acids is 2. The number of rotatable bonds is 5. The molecule has 130 valence electrons. The quantitative estimate of drug-likeness (QED) is 0.869. The second-order valence-corrected chi connectivity index (χ2v) is 5.99. The number of ether oxygens (including phenoxy) is 1. The van der Waals surface area contributed by atoms with Gasteiger partial charge < -0.3 is 15.4 Å². The highest BCUT2D eigenvalue weighted by atomic mass is 16.5. The molecular weight excluding hydrogens is 318 g/mol. The van der Waals surface area contributed by atoms with Gasteiger partial charge in [-0.15, -0.1) is 0 Å². The van der Waals surface area contributed by atoms with Crippen molar-refractivity contribution in [2.24, 2.45) is 0 Å². The second kappa shape index (κ2) is 7.79. The molecule has 0 unspecified atom stereocenters. The average molecular weight is 339 g/mol. The van der Waals surface area contributed by atoms with E-state index < -0.39 is 6.04 Å². The zero-order valence-corrected chi connectivity index (χ0v) is 14.1. The molecule has 0 bridgehead atoms. The zero-order valence-electron chi connectivity index (χ0n) is 14.1. The van der Waals surface area contributed by atoms with E-state index in [-0.39, 0.29) is 11.8 Å². The van der Waals surface area contributed by atoms with Crippen LogP contribution in [0.3, 0.4) is 0 Å². The molecule has 1 aromatic heterocycles. The highest BCUT2D eigenvalue weighted by molar-refractivity contribution is 5.97. The van der Waals surface area contributed by atoms with Crippen molar-refractivity contribution in [2.75, 3.05) is 13.7 Å². The van der Waals surface area contributed by atoms with E-state index in [4.69, 9.17) is 4.74 Å². The van der Waals surface area contributed by atoms with Crippen LogP contribution in [-0.2, 0) is 11.2 Å². The van der Waals surface area contributed by atoms with E-state index in [9.17, 15) is 9.59 Å². The average Bonchev–Trinajstić information content (AvgIpc) is 2.64. The molecule has 2 amide bonds. The smallest absolute Gasteiger partial charge is 0.253 e. The Morgan fingerprint density at radius 1 is 1.32 bits per heavy atom. The lowest BCUT2D eigenvalue weighted by atomic mass is 10.1. The first kappa shape index (κ1) is 17.0. The molecular formula is C19H21N3O3. The topological polar surface area (TPSA) is 80.3 Å². The highest BCUT2D eigenvalue weighted by Crippen LogP contribution is 2.20. The molecule has 0 spiro atoms. The lowest BCUT2D eigenvalue weighted by molar-refractivity contribution is -0.124. The summed E-state index contributed by atoms with van der Waals surface area (Å²) in [6.45, 7) is 0.671. The monoisotopic (exact) mass is 339 g/mol. The van der Waals surface area contributed by atoms with Crippen molar-refractivity contribution in [1.82, 2.24) is 15.6 Å². The number of methoxy groups -OCH3 is 1. The van der Waals surface area contributed by atoms with Crippen molar-refractivity contribution in [2.45, 2.75) is 25.3 Å². The van der Waals surface area contributed by atoms with Crippen molar-refractivity contribution < 1.29 is 14.3 Å². The van der Waals surface area contributed by atoms with Crippen LogP contribution in [-0.4, -0.2) is 36.5 Å². The van der Waals surface area contributed by atoms with Gasteiger partial charge >= 0.3 is 0 Å². The van der Waals surface area contributed by atoms with Gasteiger partial charge in [-0.05, 0) is 31.0 Å². The zero-order chi connectivity index (χ0) is 17.6. The first-order valence-corrected chi connectivity index (χ1v) is 8.33. The molecule has 6 heteroatoms. The molecule has 6 nitrogen and oxygen atoms in total. The standard InChI is InChI=1S/C19H21N3O3/c1-25-17-7-3-2-5-13(17)11-15-9-8-14(12-21-15)18(23)22-16-6-4-10-20-19(16)24/h2-3,5,7-9,12,16H,4,6,10-11H2,1H3,(H,20,24)(H,22,23)/t16-/m0/s1. The third kappa shape index (κ3) is 4.15. The first-order chi connectivity index (χ1) is 12.2. The Bertz CT molecular complexity index is 759. The van der Waals surface area contributed by atoms with Crippen LogP contribution in [0.25, 0.3) is 0 Å².